The van der Waals surface area contributed by atoms with Gasteiger partial charge in [0.2, 0.25) is 0 Å². The van der Waals surface area contributed by atoms with Crippen molar-refractivity contribution in [3.05, 3.63) is 78.1 Å². The monoisotopic (exact) mass is 419 g/mol. The molecule has 0 saturated carbocycles. The van der Waals surface area contributed by atoms with E-state index in [1.807, 2.05) is 70.7 Å². The number of hydrogen-bond donors (Lipinski definition) is 0. The first-order chi connectivity index (χ1) is 14.3. The van der Waals surface area contributed by atoms with Gasteiger partial charge < -0.3 is 9.14 Å². The molecule has 1 aromatic carbocycles. The lowest BCUT2D eigenvalue weighted by atomic mass is 10.3. The molecule has 29 heavy (non-hydrogen) atoms. The van der Waals surface area contributed by atoms with E-state index < -0.39 is 0 Å². The van der Waals surface area contributed by atoms with Gasteiger partial charge in [-0.3, -0.25) is 4.57 Å². The Kier molecular flexibility index (Phi) is 4.79. The molecule has 0 fully saturated rings. The van der Waals surface area contributed by atoms with Crippen LogP contribution in [-0.2, 0) is 5.75 Å². The largest absolute Gasteiger partial charge is 0.495 e. The van der Waals surface area contributed by atoms with E-state index in [1.165, 1.54) is 0 Å². The molecule has 4 heterocycles. The lowest BCUT2D eigenvalue weighted by Gasteiger charge is -2.13. The van der Waals surface area contributed by atoms with Crippen molar-refractivity contribution in [3.63, 3.8) is 0 Å². The maximum atomic E-state index is 5.60. The fourth-order valence-corrected chi connectivity index (χ4v) is 4.68. The average Bonchev–Trinajstić information content (AvgIpc) is 3.50. The van der Waals surface area contributed by atoms with Crippen molar-refractivity contribution < 1.29 is 4.74 Å². The SMILES string of the molecule is COc1ccccc1-n1c(SCc2cn3ccccc3n2)nnc1-c1cccs1. The van der Waals surface area contributed by atoms with Crippen LogP contribution < -0.4 is 4.74 Å². The summed E-state index contributed by atoms with van der Waals surface area (Å²) in [5.74, 6) is 2.28. The van der Waals surface area contributed by atoms with Crippen LogP contribution in [0.25, 0.3) is 22.0 Å². The van der Waals surface area contributed by atoms with Crippen LogP contribution in [0.15, 0.2) is 77.5 Å². The summed E-state index contributed by atoms with van der Waals surface area (Å²) in [5, 5.41) is 11.8. The highest BCUT2D eigenvalue weighted by Crippen LogP contribution is 2.34. The Morgan fingerprint density at radius 2 is 1.93 bits per heavy atom. The maximum Gasteiger partial charge on any atom is 0.196 e. The van der Waals surface area contributed by atoms with Gasteiger partial charge in [-0.05, 0) is 35.7 Å². The van der Waals surface area contributed by atoms with E-state index in [4.69, 9.17) is 4.74 Å². The summed E-state index contributed by atoms with van der Waals surface area (Å²) in [6, 6.07) is 18.0. The molecule has 144 valence electrons. The molecule has 0 radical (unpaired) electrons. The highest BCUT2D eigenvalue weighted by molar-refractivity contribution is 7.98. The molecule has 5 aromatic rings. The number of hydrogen-bond acceptors (Lipinski definition) is 6. The number of thiophene rings is 1. The van der Waals surface area contributed by atoms with E-state index in [2.05, 4.69) is 25.8 Å². The van der Waals surface area contributed by atoms with Crippen LogP contribution in [0.1, 0.15) is 5.69 Å². The Balaban J connectivity index is 1.54. The van der Waals surface area contributed by atoms with Crippen molar-refractivity contribution in [3.8, 4) is 22.1 Å². The first kappa shape index (κ1) is 18.0. The van der Waals surface area contributed by atoms with E-state index in [1.54, 1.807) is 30.2 Å². The van der Waals surface area contributed by atoms with Crippen LogP contribution in [0.2, 0.25) is 0 Å². The van der Waals surface area contributed by atoms with Gasteiger partial charge in [-0.2, -0.15) is 0 Å². The number of pyridine rings is 1. The predicted octanol–water partition coefficient (Wildman–Crippen LogP) is 4.94. The van der Waals surface area contributed by atoms with Crippen molar-refractivity contribution in [1.82, 2.24) is 24.1 Å². The molecule has 0 amide bonds. The molecule has 0 N–H and O–H groups in total. The van der Waals surface area contributed by atoms with Gasteiger partial charge in [-0.15, -0.1) is 21.5 Å². The molecule has 5 rings (SSSR count). The van der Waals surface area contributed by atoms with Crippen LogP contribution in [-0.4, -0.2) is 31.3 Å². The highest BCUT2D eigenvalue weighted by Gasteiger charge is 2.19. The third-order valence-corrected chi connectivity index (χ3v) is 6.29. The van der Waals surface area contributed by atoms with Gasteiger partial charge in [0.05, 0.1) is 23.4 Å². The van der Waals surface area contributed by atoms with E-state index in [0.717, 1.165) is 38.6 Å². The second-order valence-electron chi connectivity index (χ2n) is 6.28. The van der Waals surface area contributed by atoms with Crippen molar-refractivity contribution in [2.24, 2.45) is 0 Å². The Bertz CT molecular complexity index is 1230. The number of thioether (sulfide) groups is 1. The van der Waals surface area contributed by atoms with E-state index in [9.17, 15) is 0 Å². The molecule has 4 aromatic heterocycles. The fraction of sp³-hybridized carbons (Fsp3) is 0.0952. The normalized spacial score (nSPS) is 11.2. The number of imidazole rings is 1. The first-order valence-corrected chi connectivity index (χ1v) is 10.9. The van der Waals surface area contributed by atoms with Gasteiger partial charge in [-0.25, -0.2) is 4.98 Å². The number of para-hydroxylation sites is 2. The minimum atomic E-state index is 0.694. The van der Waals surface area contributed by atoms with E-state index >= 15 is 0 Å². The lowest BCUT2D eigenvalue weighted by molar-refractivity contribution is 0.412. The lowest BCUT2D eigenvalue weighted by Crippen LogP contribution is -2.01. The third kappa shape index (κ3) is 3.41. The zero-order valence-corrected chi connectivity index (χ0v) is 17.2. The van der Waals surface area contributed by atoms with Crippen LogP contribution in [0.4, 0.5) is 0 Å². The molecule has 6 nitrogen and oxygen atoms in total. The van der Waals surface area contributed by atoms with Crippen molar-refractivity contribution in [2.45, 2.75) is 10.9 Å². The first-order valence-electron chi connectivity index (χ1n) is 9.01. The van der Waals surface area contributed by atoms with Crippen LogP contribution in [0.3, 0.4) is 0 Å². The minimum Gasteiger partial charge on any atom is -0.495 e. The number of nitrogens with zero attached hydrogens (tertiary/aromatic N) is 5. The van der Waals surface area contributed by atoms with Crippen molar-refractivity contribution >= 4 is 28.7 Å². The standard InChI is InChI=1S/C21H17N5OS2/c1-27-17-8-3-2-7-16(17)26-20(18-9-6-12-28-18)23-24-21(26)29-14-15-13-25-11-5-4-10-19(25)22-15/h2-13H,14H2,1H3. The molecule has 0 unspecified atom stereocenters. The average molecular weight is 420 g/mol. The van der Waals surface area contributed by atoms with Gasteiger partial charge in [0.25, 0.3) is 0 Å². The number of methoxy groups -OCH3 is 1. The predicted molar refractivity (Wildman–Crippen MR) is 116 cm³/mol. The molecule has 0 spiro atoms. The molecule has 0 aliphatic heterocycles. The van der Waals surface area contributed by atoms with Crippen LogP contribution >= 0.6 is 23.1 Å². The zero-order chi connectivity index (χ0) is 19.6. The summed E-state index contributed by atoms with van der Waals surface area (Å²) < 4.78 is 9.69. The molecule has 0 saturated heterocycles. The van der Waals surface area contributed by atoms with Crippen molar-refractivity contribution in [2.75, 3.05) is 7.11 Å². The zero-order valence-electron chi connectivity index (χ0n) is 15.6. The summed E-state index contributed by atoms with van der Waals surface area (Å²) in [5.41, 5.74) is 2.85. The smallest absolute Gasteiger partial charge is 0.196 e. The molecule has 0 atom stereocenters. The summed E-state index contributed by atoms with van der Waals surface area (Å²) in [4.78, 5) is 5.74. The third-order valence-electron chi connectivity index (χ3n) is 4.46. The number of rotatable bonds is 6. The van der Waals surface area contributed by atoms with Crippen LogP contribution in [0, 0.1) is 0 Å². The topological polar surface area (TPSA) is 57.2 Å². The minimum absolute atomic E-state index is 0.694. The van der Waals surface area contributed by atoms with Crippen molar-refractivity contribution in [1.29, 1.82) is 0 Å². The quantitative estimate of drug-likeness (QED) is 0.365. The molecule has 0 aliphatic rings. The van der Waals surface area contributed by atoms with Gasteiger partial charge in [0, 0.05) is 18.1 Å². The van der Waals surface area contributed by atoms with Crippen LogP contribution in [0.5, 0.6) is 5.75 Å². The summed E-state index contributed by atoms with van der Waals surface area (Å²) >= 11 is 3.25. The second-order valence-corrected chi connectivity index (χ2v) is 8.17. The molecule has 8 heteroatoms. The Morgan fingerprint density at radius 3 is 2.76 bits per heavy atom. The number of benzene rings is 1. The second kappa shape index (κ2) is 7.73. The molecular weight excluding hydrogens is 402 g/mol. The van der Waals surface area contributed by atoms with Gasteiger partial charge in [-0.1, -0.05) is 36.0 Å². The number of ether oxygens (including phenoxy) is 1. The Hall–Kier alpha value is -3.10. The fourth-order valence-electron chi connectivity index (χ4n) is 3.16. The molecule has 0 bridgehead atoms. The van der Waals surface area contributed by atoms with E-state index in [-0.39, 0.29) is 0 Å². The summed E-state index contributed by atoms with van der Waals surface area (Å²) in [6.07, 6.45) is 4.05. The summed E-state index contributed by atoms with van der Waals surface area (Å²) in [6.45, 7) is 0. The highest BCUT2D eigenvalue weighted by atomic mass is 32.2. The number of aromatic nitrogens is 5. The maximum absolute atomic E-state index is 5.60. The number of fused-ring (bicyclic) bond motifs is 1. The molecular formula is C21H17N5OS2. The van der Waals surface area contributed by atoms with Gasteiger partial charge >= 0.3 is 0 Å². The summed E-state index contributed by atoms with van der Waals surface area (Å²) in [7, 11) is 1.68. The van der Waals surface area contributed by atoms with Gasteiger partial charge in [0.15, 0.2) is 11.0 Å². The van der Waals surface area contributed by atoms with Gasteiger partial charge in [0.1, 0.15) is 11.4 Å². The molecule has 0 aliphatic carbocycles. The Morgan fingerprint density at radius 1 is 1.03 bits per heavy atom. The van der Waals surface area contributed by atoms with E-state index in [0.29, 0.717) is 5.75 Å². The Labute approximate surface area is 175 Å².